The molecule has 6 nitrogen and oxygen atoms in total. The number of unbranched alkanes of at least 4 members (excludes halogenated alkanes) is 2. The van der Waals surface area contributed by atoms with Gasteiger partial charge in [-0.3, -0.25) is 24.0 Å². The molecule has 0 aromatic carbocycles. The number of carboxylic acids is 1. The van der Waals surface area contributed by atoms with E-state index in [2.05, 4.69) is 0 Å². The molecule has 0 aliphatic rings. The second kappa shape index (κ2) is 13.2. The van der Waals surface area contributed by atoms with E-state index in [0.717, 1.165) is 23.5 Å². The summed E-state index contributed by atoms with van der Waals surface area (Å²) in [6, 6.07) is 0. The van der Waals surface area contributed by atoms with Gasteiger partial charge in [-0.15, -0.1) is 0 Å². The molecular weight excluding hydrogens is 352 g/mol. The lowest BCUT2D eigenvalue weighted by molar-refractivity contribution is -0.143. The Hall–Kier alpha value is -1.15. The van der Waals surface area contributed by atoms with Crippen LogP contribution >= 0.6 is 23.5 Å². The van der Waals surface area contributed by atoms with E-state index in [1.165, 1.54) is 13.8 Å². The zero-order valence-corrected chi connectivity index (χ0v) is 15.7. The molecule has 0 aliphatic heterocycles. The molecule has 1 N–H and O–H groups in total. The van der Waals surface area contributed by atoms with Crippen LogP contribution in [0.3, 0.4) is 0 Å². The molecule has 0 aromatic rings. The topological polar surface area (TPSA) is 106 Å². The molecule has 0 saturated carbocycles. The summed E-state index contributed by atoms with van der Waals surface area (Å²) in [5.74, 6) is -1.77. The van der Waals surface area contributed by atoms with E-state index in [9.17, 15) is 24.0 Å². The van der Waals surface area contributed by atoms with E-state index in [4.69, 9.17) is 5.11 Å². The molecule has 0 aliphatic carbocycles. The molecule has 0 bridgehead atoms. The average molecular weight is 376 g/mol. The summed E-state index contributed by atoms with van der Waals surface area (Å²) in [5.41, 5.74) is 0. The molecule has 0 radical (unpaired) electrons. The third-order valence-corrected chi connectivity index (χ3v) is 4.95. The number of hydrogen-bond acceptors (Lipinski definition) is 7. The maximum atomic E-state index is 11.7. The van der Waals surface area contributed by atoms with Gasteiger partial charge in [0.25, 0.3) is 0 Å². The van der Waals surface area contributed by atoms with Crippen LogP contribution in [-0.4, -0.2) is 44.4 Å². The van der Waals surface area contributed by atoms with Gasteiger partial charge in [0, 0.05) is 26.7 Å². The maximum Gasteiger partial charge on any atom is 0.306 e. The monoisotopic (exact) mass is 376 g/mol. The molecule has 0 fully saturated rings. The highest BCUT2D eigenvalue weighted by molar-refractivity contribution is 8.14. The first-order chi connectivity index (χ1) is 11.2. The molecular formula is C16H24O6S2. The van der Waals surface area contributed by atoms with E-state index >= 15 is 0 Å². The van der Waals surface area contributed by atoms with Crippen LogP contribution in [0.5, 0.6) is 0 Å². The minimum absolute atomic E-state index is 0.0152. The molecule has 0 saturated heterocycles. The predicted molar refractivity (Wildman–Crippen MR) is 95.1 cm³/mol. The van der Waals surface area contributed by atoms with E-state index < -0.39 is 11.9 Å². The summed E-state index contributed by atoms with van der Waals surface area (Å²) in [4.78, 5) is 55.9. The van der Waals surface area contributed by atoms with Gasteiger partial charge >= 0.3 is 5.97 Å². The number of Topliss-reactive ketones (excluding diaryl/α,β-unsaturated/α-hetero) is 2. The number of carbonyl (C=O) groups is 5. The SMILES string of the molecule is CC(=O)SCC(=O)CCCCCC(CC(=O)CSC(C)=O)C(=O)O. The van der Waals surface area contributed by atoms with Crippen LogP contribution in [0.1, 0.15) is 52.4 Å². The Morgan fingerprint density at radius 2 is 1.38 bits per heavy atom. The van der Waals surface area contributed by atoms with E-state index in [1.54, 1.807) is 0 Å². The Kier molecular flexibility index (Phi) is 12.5. The van der Waals surface area contributed by atoms with Crippen molar-refractivity contribution in [3.8, 4) is 0 Å². The third kappa shape index (κ3) is 13.3. The lowest BCUT2D eigenvalue weighted by Crippen LogP contribution is -2.19. The van der Waals surface area contributed by atoms with E-state index in [0.29, 0.717) is 32.1 Å². The fraction of sp³-hybridized carbons (Fsp3) is 0.688. The van der Waals surface area contributed by atoms with Crippen LogP contribution in [0.15, 0.2) is 0 Å². The first-order valence-corrected chi connectivity index (χ1v) is 9.72. The molecule has 136 valence electrons. The smallest absolute Gasteiger partial charge is 0.306 e. The fourth-order valence-corrected chi connectivity index (χ4v) is 2.96. The quantitative estimate of drug-likeness (QED) is 0.489. The second-order valence-corrected chi connectivity index (χ2v) is 7.78. The van der Waals surface area contributed by atoms with Gasteiger partial charge in [0.15, 0.2) is 10.2 Å². The first-order valence-electron chi connectivity index (χ1n) is 7.75. The lowest BCUT2D eigenvalue weighted by atomic mass is 9.96. The average Bonchev–Trinajstić information content (AvgIpc) is 2.49. The van der Waals surface area contributed by atoms with Gasteiger partial charge in [0.1, 0.15) is 11.6 Å². The highest BCUT2D eigenvalue weighted by Crippen LogP contribution is 2.17. The molecule has 0 heterocycles. The summed E-state index contributed by atoms with van der Waals surface area (Å²) < 4.78 is 0. The summed E-state index contributed by atoms with van der Waals surface area (Å²) in [5, 5.41) is 8.90. The van der Waals surface area contributed by atoms with Crippen LogP contribution in [-0.2, 0) is 24.0 Å². The highest BCUT2D eigenvalue weighted by Gasteiger charge is 2.21. The number of rotatable bonds is 13. The minimum atomic E-state index is -1.01. The van der Waals surface area contributed by atoms with Crippen molar-refractivity contribution in [3.63, 3.8) is 0 Å². The summed E-state index contributed by atoms with van der Waals surface area (Å²) >= 11 is 1.89. The fourth-order valence-electron chi connectivity index (χ4n) is 1.97. The zero-order chi connectivity index (χ0) is 18.5. The Labute approximate surface area is 150 Å². The van der Waals surface area contributed by atoms with Gasteiger partial charge in [0.05, 0.1) is 17.4 Å². The summed E-state index contributed by atoms with van der Waals surface area (Å²) in [6.07, 6.45) is 2.67. The van der Waals surface area contributed by atoms with Crippen LogP contribution in [0.25, 0.3) is 0 Å². The number of hydrogen-bond donors (Lipinski definition) is 1. The summed E-state index contributed by atoms with van der Waals surface area (Å²) in [7, 11) is 0. The maximum absolute atomic E-state index is 11.7. The Morgan fingerprint density at radius 3 is 1.88 bits per heavy atom. The van der Waals surface area contributed by atoms with Gasteiger partial charge in [-0.2, -0.15) is 0 Å². The van der Waals surface area contributed by atoms with Crippen molar-refractivity contribution in [2.24, 2.45) is 5.92 Å². The van der Waals surface area contributed by atoms with E-state index in [-0.39, 0.29) is 39.7 Å². The van der Waals surface area contributed by atoms with E-state index in [1.807, 2.05) is 0 Å². The Bertz CT molecular complexity index is 475. The zero-order valence-electron chi connectivity index (χ0n) is 14.0. The standard InChI is InChI=1S/C16H24O6S2/c1-11(17)23-9-14(19)7-5-3-4-6-13(16(21)22)8-15(20)10-24-12(2)18/h13H,3-10H2,1-2H3,(H,21,22). The normalized spacial score (nSPS) is 11.8. The molecule has 1 unspecified atom stereocenters. The van der Waals surface area contributed by atoms with Crippen molar-refractivity contribution in [1.29, 1.82) is 0 Å². The molecule has 8 heteroatoms. The Balaban J connectivity index is 3.95. The predicted octanol–water partition coefficient (Wildman–Crippen LogP) is 2.73. The molecule has 1 atom stereocenters. The van der Waals surface area contributed by atoms with Gasteiger partial charge in [0.2, 0.25) is 0 Å². The molecule has 0 spiro atoms. The first kappa shape index (κ1) is 22.9. The van der Waals surface area contributed by atoms with Gasteiger partial charge in [-0.05, 0) is 12.8 Å². The van der Waals surface area contributed by atoms with Gasteiger partial charge in [-0.25, -0.2) is 0 Å². The highest BCUT2D eigenvalue weighted by atomic mass is 32.2. The second-order valence-electron chi connectivity index (χ2n) is 5.48. The van der Waals surface area contributed by atoms with Crippen molar-refractivity contribution < 1.29 is 29.1 Å². The van der Waals surface area contributed by atoms with Crippen molar-refractivity contribution >= 4 is 51.3 Å². The summed E-state index contributed by atoms with van der Waals surface area (Å²) in [6.45, 7) is 2.78. The van der Waals surface area contributed by atoms with Crippen molar-refractivity contribution in [2.75, 3.05) is 11.5 Å². The van der Waals surface area contributed by atoms with Crippen LogP contribution in [0.4, 0.5) is 0 Å². The number of thioether (sulfide) groups is 2. The number of ketones is 2. The van der Waals surface area contributed by atoms with Crippen molar-refractivity contribution in [2.45, 2.75) is 52.4 Å². The molecule has 0 amide bonds. The van der Waals surface area contributed by atoms with Crippen LogP contribution in [0.2, 0.25) is 0 Å². The van der Waals surface area contributed by atoms with Crippen molar-refractivity contribution in [3.05, 3.63) is 0 Å². The molecule has 24 heavy (non-hydrogen) atoms. The number of aliphatic carboxylic acids is 1. The van der Waals surface area contributed by atoms with Gasteiger partial charge in [-0.1, -0.05) is 36.4 Å². The molecule has 0 rings (SSSR count). The van der Waals surface area contributed by atoms with Gasteiger partial charge < -0.3 is 5.11 Å². The molecule has 0 aromatic heterocycles. The Morgan fingerprint density at radius 1 is 0.833 bits per heavy atom. The van der Waals surface area contributed by atoms with Crippen LogP contribution in [0, 0.1) is 5.92 Å². The van der Waals surface area contributed by atoms with Crippen LogP contribution < -0.4 is 0 Å². The van der Waals surface area contributed by atoms with Crippen molar-refractivity contribution in [1.82, 2.24) is 0 Å². The number of carbonyl (C=O) groups excluding carboxylic acids is 4. The lowest BCUT2D eigenvalue weighted by Gasteiger charge is -2.11. The number of carboxylic acid groups (broad SMARTS) is 1. The third-order valence-electron chi connectivity index (χ3n) is 3.20. The largest absolute Gasteiger partial charge is 0.481 e. The minimum Gasteiger partial charge on any atom is -0.481 e.